The quantitative estimate of drug-likeness (QED) is 0.499. The number of oxime groups is 1. The molecule has 32 heavy (non-hydrogen) atoms. The molecule has 5 nitrogen and oxygen atoms in total. The smallest absolute Gasteiger partial charge is 0.377 e. The van der Waals surface area contributed by atoms with Crippen LogP contribution in [0.4, 0.5) is 26.3 Å². The Labute approximate surface area is 180 Å². The number of hydrogen-bond donors (Lipinski definition) is 1. The Kier molecular flexibility index (Phi) is 6.05. The van der Waals surface area contributed by atoms with Gasteiger partial charge in [-0.1, -0.05) is 23.9 Å². The summed E-state index contributed by atoms with van der Waals surface area (Å²) in [6, 6.07) is 5.87. The van der Waals surface area contributed by atoms with Gasteiger partial charge in [-0.05, 0) is 36.6 Å². The van der Waals surface area contributed by atoms with Gasteiger partial charge in [-0.15, -0.1) is 0 Å². The Bertz CT molecular complexity index is 959. The number of rotatable bonds is 6. The van der Waals surface area contributed by atoms with E-state index >= 15 is 0 Å². The zero-order valence-electron chi connectivity index (χ0n) is 17.3. The number of likely N-dealkylation sites (N-methyl/N-ethyl adjacent to an activating group) is 1. The second kappa shape index (κ2) is 8.18. The molecular formula is C21H21F6N3O2. The van der Waals surface area contributed by atoms with Crippen LogP contribution in [0.3, 0.4) is 0 Å². The summed E-state index contributed by atoms with van der Waals surface area (Å²) in [4.78, 5) is 17.8. The lowest BCUT2D eigenvalue weighted by Crippen LogP contribution is -2.50. The minimum Gasteiger partial charge on any atom is -0.377 e. The van der Waals surface area contributed by atoms with Crippen LogP contribution >= 0.6 is 0 Å². The van der Waals surface area contributed by atoms with Crippen molar-refractivity contribution in [2.24, 2.45) is 5.16 Å². The average molecular weight is 461 g/mol. The summed E-state index contributed by atoms with van der Waals surface area (Å²) in [6.45, 7) is 2.83. The predicted octanol–water partition coefficient (Wildman–Crippen LogP) is 4.57. The summed E-state index contributed by atoms with van der Waals surface area (Å²) < 4.78 is 81.3. The monoisotopic (exact) mass is 461 g/mol. The summed E-state index contributed by atoms with van der Waals surface area (Å²) in [7, 11) is 2.36. The van der Waals surface area contributed by atoms with Crippen molar-refractivity contribution in [2.75, 3.05) is 14.1 Å². The van der Waals surface area contributed by atoms with E-state index in [1.807, 2.05) is 0 Å². The summed E-state index contributed by atoms with van der Waals surface area (Å²) >= 11 is 0. The fraction of sp³-hybridized carbons (Fsp3) is 0.429. The first-order valence-electron chi connectivity index (χ1n) is 9.63. The van der Waals surface area contributed by atoms with Gasteiger partial charge in [0.15, 0.2) is 0 Å². The van der Waals surface area contributed by atoms with E-state index in [1.165, 1.54) is 38.4 Å². The van der Waals surface area contributed by atoms with Crippen molar-refractivity contribution in [1.82, 2.24) is 10.2 Å². The van der Waals surface area contributed by atoms with Gasteiger partial charge >= 0.3 is 12.4 Å². The molecule has 1 aromatic rings. The first-order chi connectivity index (χ1) is 14.7. The number of nitrogens with one attached hydrogen (secondary N) is 1. The highest BCUT2D eigenvalue weighted by molar-refractivity contribution is 6.03. The van der Waals surface area contributed by atoms with E-state index in [4.69, 9.17) is 4.84 Å². The summed E-state index contributed by atoms with van der Waals surface area (Å²) in [5.74, 6) is -0.295. The Morgan fingerprint density at radius 3 is 2.25 bits per heavy atom. The van der Waals surface area contributed by atoms with Crippen molar-refractivity contribution >= 4 is 11.6 Å². The van der Waals surface area contributed by atoms with Gasteiger partial charge in [-0.25, -0.2) is 0 Å². The maximum Gasteiger partial charge on any atom is 0.437 e. The highest BCUT2D eigenvalue weighted by atomic mass is 19.4. The van der Waals surface area contributed by atoms with Gasteiger partial charge in [0.05, 0.1) is 23.4 Å². The highest BCUT2D eigenvalue weighted by Gasteiger charge is 2.64. The molecule has 1 N–H and O–H groups in total. The first-order valence-corrected chi connectivity index (χ1v) is 9.63. The molecule has 1 heterocycles. The third kappa shape index (κ3) is 4.76. The summed E-state index contributed by atoms with van der Waals surface area (Å²) in [5, 5.41) is 6.34. The van der Waals surface area contributed by atoms with Crippen molar-refractivity contribution in [2.45, 2.75) is 43.3 Å². The van der Waals surface area contributed by atoms with Crippen LogP contribution < -0.4 is 5.32 Å². The van der Waals surface area contributed by atoms with Crippen molar-refractivity contribution < 1.29 is 36.0 Å². The molecule has 1 aliphatic heterocycles. The number of benzene rings is 1. The zero-order valence-corrected chi connectivity index (χ0v) is 17.3. The Balaban J connectivity index is 1.89. The molecular weight excluding hydrogens is 440 g/mol. The van der Waals surface area contributed by atoms with Crippen LogP contribution in [0.2, 0.25) is 0 Å². The Morgan fingerprint density at radius 1 is 1.19 bits per heavy atom. The van der Waals surface area contributed by atoms with Crippen molar-refractivity contribution in [1.29, 1.82) is 0 Å². The third-order valence-electron chi connectivity index (χ3n) is 5.15. The van der Waals surface area contributed by atoms with E-state index in [0.29, 0.717) is 11.6 Å². The van der Waals surface area contributed by atoms with Gasteiger partial charge in [0, 0.05) is 25.7 Å². The molecule has 0 radical (unpaired) electrons. The molecule has 1 amide bonds. The number of halogens is 6. The second-order valence-corrected chi connectivity index (χ2v) is 7.90. The Hall–Kier alpha value is -2.98. The molecule has 174 valence electrons. The third-order valence-corrected chi connectivity index (χ3v) is 5.15. The van der Waals surface area contributed by atoms with E-state index in [9.17, 15) is 31.1 Å². The van der Waals surface area contributed by atoms with Gasteiger partial charge in [-0.2, -0.15) is 26.3 Å². The molecule has 3 rings (SSSR count). The van der Waals surface area contributed by atoms with Gasteiger partial charge in [-0.3, -0.25) is 4.79 Å². The van der Waals surface area contributed by atoms with Gasteiger partial charge in [0.1, 0.15) is 0 Å². The van der Waals surface area contributed by atoms with Crippen LogP contribution in [-0.4, -0.2) is 54.6 Å². The molecule has 0 bridgehead atoms. The molecule has 1 aromatic carbocycles. The molecule has 1 aliphatic carbocycles. The fourth-order valence-electron chi connectivity index (χ4n) is 3.19. The predicted molar refractivity (Wildman–Crippen MR) is 105 cm³/mol. The van der Waals surface area contributed by atoms with E-state index < -0.39 is 35.6 Å². The van der Waals surface area contributed by atoms with Crippen molar-refractivity contribution in [3.63, 3.8) is 0 Å². The minimum absolute atomic E-state index is 0.109. The largest absolute Gasteiger partial charge is 0.437 e. The number of carbonyl (C=O) groups excluding carboxylic acids is 1. The number of alkyl halides is 6. The van der Waals surface area contributed by atoms with Crippen molar-refractivity contribution in [3.05, 3.63) is 59.3 Å². The summed E-state index contributed by atoms with van der Waals surface area (Å²) in [6.07, 6.45) is -8.71. The molecule has 1 unspecified atom stereocenters. The van der Waals surface area contributed by atoms with Gasteiger partial charge in [0.25, 0.3) is 11.5 Å². The molecule has 11 heteroatoms. The van der Waals surface area contributed by atoms with E-state index in [1.54, 1.807) is 0 Å². The zero-order chi connectivity index (χ0) is 23.9. The number of carbonyl (C=O) groups is 1. The molecule has 1 saturated carbocycles. The standard InChI is InChI=1S/C21H21F6N3O2/c1-12(20(22,23)24)10-17(30(2)3)19(21(25,26)27)11-16(29-32-19)13-4-6-14(7-5-13)18(31)28-15-8-9-15/h4-7,10,15H,1,8-9,11H2,2-3H3,(H,28,31). The SMILES string of the molecule is C=C(C=C(N(C)C)C1(C(F)(F)F)CC(c2ccc(C(=O)NC3CC3)cc2)=NO1)C(F)(F)F. The number of nitrogens with zero attached hydrogens (tertiary/aromatic N) is 2. The van der Waals surface area contributed by atoms with Gasteiger partial charge in [0.2, 0.25) is 0 Å². The maximum atomic E-state index is 14.1. The van der Waals surface area contributed by atoms with E-state index in [2.05, 4.69) is 17.1 Å². The van der Waals surface area contributed by atoms with Crippen LogP contribution in [0, 0.1) is 0 Å². The lowest BCUT2D eigenvalue weighted by atomic mass is 9.88. The summed E-state index contributed by atoms with van der Waals surface area (Å²) in [5.41, 5.74) is -4.88. The van der Waals surface area contributed by atoms with E-state index in [0.717, 1.165) is 17.7 Å². The van der Waals surface area contributed by atoms with Crippen LogP contribution in [0.25, 0.3) is 0 Å². The number of allylic oxidation sites excluding steroid dienone is 2. The first kappa shape index (κ1) is 23.7. The number of hydrogen-bond acceptors (Lipinski definition) is 4. The lowest BCUT2D eigenvalue weighted by molar-refractivity contribution is -0.258. The molecule has 1 fully saturated rings. The van der Waals surface area contributed by atoms with Crippen LogP contribution in [0.15, 0.2) is 53.3 Å². The van der Waals surface area contributed by atoms with Crippen LogP contribution in [-0.2, 0) is 4.84 Å². The van der Waals surface area contributed by atoms with Crippen molar-refractivity contribution in [3.8, 4) is 0 Å². The van der Waals surface area contributed by atoms with Gasteiger partial charge < -0.3 is 15.1 Å². The lowest BCUT2D eigenvalue weighted by Gasteiger charge is -2.35. The maximum absolute atomic E-state index is 14.1. The number of amides is 1. The molecule has 2 aliphatic rings. The molecule has 0 spiro atoms. The topological polar surface area (TPSA) is 53.9 Å². The molecule has 0 saturated heterocycles. The fourth-order valence-corrected chi connectivity index (χ4v) is 3.19. The van der Waals surface area contributed by atoms with Crippen LogP contribution in [0.1, 0.15) is 35.2 Å². The van der Waals surface area contributed by atoms with E-state index in [-0.39, 0.29) is 23.2 Å². The highest BCUT2D eigenvalue weighted by Crippen LogP contribution is 2.47. The minimum atomic E-state index is -5.08. The normalized spacial score (nSPS) is 21.6. The molecule has 1 atom stereocenters. The Morgan fingerprint density at radius 2 is 1.78 bits per heavy atom. The average Bonchev–Trinajstić information content (AvgIpc) is 3.38. The van der Waals surface area contributed by atoms with Crippen LogP contribution in [0.5, 0.6) is 0 Å². The second-order valence-electron chi connectivity index (χ2n) is 7.90. The molecule has 0 aromatic heterocycles.